The Hall–Kier alpha value is -2.32. The minimum Gasteiger partial charge on any atom is -0.354 e. The van der Waals surface area contributed by atoms with Crippen LogP contribution in [0.15, 0.2) is 85.2 Å². The van der Waals surface area contributed by atoms with Gasteiger partial charge in [-0.15, -0.1) is 0 Å². The summed E-state index contributed by atoms with van der Waals surface area (Å²) < 4.78 is 3.52. The second-order valence-corrected chi connectivity index (χ2v) is 7.41. The summed E-state index contributed by atoms with van der Waals surface area (Å²) in [6.07, 6.45) is 6.92. The molecule has 0 saturated carbocycles. The summed E-state index contributed by atoms with van der Waals surface area (Å²) in [5.41, 5.74) is 2.93. The number of benzene rings is 2. The lowest BCUT2D eigenvalue weighted by atomic mass is 10.1. The molecule has 0 unspecified atom stereocenters. The first kappa shape index (κ1) is 16.2. The third-order valence-electron chi connectivity index (χ3n) is 5.52. The molecule has 1 aliphatic heterocycles. The van der Waals surface area contributed by atoms with E-state index in [9.17, 15) is 0 Å². The van der Waals surface area contributed by atoms with Crippen molar-refractivity contribution in [2.24, 2.45) is 0 Å². The van der Waals surface area contributed by atoms with Gasteiger partial charge in [-0.1, -0.05) is 60.7 Å². The predicted molar refractivity (Wildman–Crippen MR) is 103 cm³/mol. The van der Waals surface area contributed by atoms with Crippen molar-refractivity contribution in [1.29, 1.82) is 0 Å². The van der Waals surface area contributed by atoms with Crippen LogP contribution in [0.1, 0.15) is 24.0 Å². The van der Waals surface area contributed by atoms with Gasteiger partial charge in [-0.3, -0.25) is 0 Å². The van der Waals surface area contributed by atoms with Crippen LogP contribution in [0.2, 0.25) is 0 Å². The van der Waals surface area contributed by atoms with E-state index in [-0.39, 0.29) is 0 Å². The Morgan fingerprint density at radius 1 is 0.760 bits per heavy atom. The van der Waals surface area contributed by atoms with Crippen LogP contribution in [0.25, 0.3) is 0 Å². The zero-order chi connectivity index (χ0) is 17.0. The summed E-state index contributed by atoms with van der Waals surface area (Å²) in [4.78, 5) is 0. The molecular formula is C23H27N2+. The first-order valence-corrected chi connectivity index (χ1v) is 9.38. The monoisotopic (exact) mass is 331 g/mol. The van der Waals surface area contributed by atoms with Gasteiger partial charge in [0.15, 0.2) is 0 Å². The smallest absolute Gasteiger partial charge is 0.139 e. The molecule has 0 bridgehead atoms. The molecule has 1 aliphatic rings. The van der Waals surface area contributed by atoms with Gasteiger partial charge in [-0.2, -0.15) is 0 Å². The van der Waals surface area contributed by atoms with Crippen LogP contribution in [0.4, 0.5) is 0 Å². The minimum atomic E-state index is 0.802. The van der Waals surface area contributed by atoms with E-state index in [0.29, 0.717) is 0 Å². The molecule has 4 rings (SSSR count). The number of quaternary nitrogens is 1. The Labute approximate surface area is 150 Å². The van der Waals surface area contributed by atoms with E-state index in [1.807, 2.05) is 0 Å². The predicted octanol–water partition coefficient (Wildman–Crippen LogP) is 4.87. The summed E-state index contributed by atoms with van der Waals surface area (Å²) >= 11 is 0. The van der Waals surface area contributed by atoms with Crippen molar-refractivity contribution < 1.29 is 4.48 Å². The molecule has 2 heterocycles. The largest absolute Gasteiger partial charge is 0.354 e. The summed E-state index contributed by atoms with van der Waals surface area (Å²) in [6.45, 7) is 4.77. The van der Waals surface area contributed by atoms with Crippen molar-refractivity contribution in [2.45, 2.75) is 38.5 Å². The average molecular weight is 331 g/mol. The maximum atomic E-state index is 2.30. The summed E-state index contributed by atoms with van der Waals surface area (Å²) in [6, 6.07) is 27.0. The normalized spacial score (nSPS) is 18.2. The zero-order valence-corrected chi connectivity index (χ0v) is 14.8. The molecule has 1 aromatic heterocycles. The highest BCUT2D eigenvalue weighted by atomic mass is 15.5. The quantitative estimate of drug-likeness (QED) is 0.410. The average Bonchev–Trinajstić information content (AvgIpc) is 3.05. The molecule has 0 radical (unpaired) electrons. The summed E-state index contributed by atoms with van der Waals surface area (Å²) in [7, 11) is 0. The van der Waals surface area contributed by atoms with Gasteiger partial charge in [0.05, 0.1) is 0 Å². The fourth-order valence-electron chi connectivity index (χ4n) is 4.10. The van der Waals surface area contributed by atoms with Crippen molar-refractivity contribution in [3.05, 3.63) is 96.3 Å². The second-order valence-electron chi connectivity index (χ2n) is 7.41. The lowest BCUT2D eigenvalue weighted by Crippen LogP contribution is -2.28. The van der Waals surface area contributed by atoms with Gasteiger partial charge in [0.2, 0.25) is 0 Å². The van der Waals surface area contributed by atoms with Gasteiger partial charge in [0, 0.05) is 36.5 Å². The molecule has 0 aliphatic carbocycles. The van der Waals surface area contributed by atoms with Gasteiger partial charge >= 0.3 is 0 Å². The number of hydrogen-bond acceptors (Lipinski definition) is 0. The maximum absolute atomic E-state index is 2.30. The zero-order valence-electron chi connectivity index (χ0n) is 14.8. The highest BCUT2D eigenvalue weighted by molar-refractivity contribution is 5.16. The first-order valence-electron chi connectivity index (χ1n) is 9.38. The van der Waals surface area contributed by atoms with Crippen LogP contribution in [0.5, 0.6) is 0 Å². The Morgan fingerprint density at radius 3 is 1.88 bits per heavy atom. The van der Waals surface area contributed by atoms with E-state index < -0.39 is 0 Å². The molecule has 0 N–H and O–H groups in total. The molecule has 0 amide bonds. The van der Waals surface area contributed by atoms with E-state index in [1.165, 1.54) is 35.0 Å². The summed E-state index contributed by atoms with van der Waals surface area (Å²) in [5, 5.41) is 0. The van der Waals surface area contributed by atoms with E-state index >= 15 is 0 Å². The van der Waals surface area contributed by atoms with Crippen LogP contribution in [-0.4, -0.2) is 21.6 Å². The number of rotatable bonds is 8. The Balaban J connectivity index is 1.42. The second kappa shape index (κ2) is 7.28. The number of aromatic nitrogens is 1. The molecule has 0 spiro atoms. The van der Waals surface area contributed by atoms with E-state index in [2.05, 4.69) is 89.8 Å². The number of hydrogen-bond donors (Lipinski definition) is 0. The Morgan fingerprint density at radius 2 is 1.32 bits per heavy atom. The lowest BCUT2D eigenvalue weighted by molar-refractivity contribution is -0.842. The first-order chi connectivity index (χ1) is 12.3. The van der Waals surface area contributed by atoms with Crippen molar-refractivity contribution in [3.8, 4) is 0 Å². The van der Waals surface area contributed by atoms with Crippen LogP contribution in [-0.2, 0) is 19.6 Å². The topological polar surface area (TPSA) is 4.93 Å². The molecular weight excluding hydrogens is 304 g/mol. The Bertz CT molecular complexity index is 721. The Kier molecular flexibility index (Phi) is 4.71. The van der Waals surface area contributed by atoms with Crippen LogP contribution < -0.4 is 0 Å². The third-order valence-corrected chi connectivity index (χ3v) is 5.52. The molecule has 2 aromatic carbocycles. The van der Waals surface area contributed by atoms with E-state index in [1.54, 1.807) is 0 Å². The highest BCUT2D eigenvalue weighted by Crippen LogP contribution is 2.39. The SMILES string of the molecule is c1ccc(C[N+]2(Cc3ccccc3)C[C@@H]2CCCn2cccc2)cc1. The number of aryl methyl sites for hydroxylation is 1. The molecule has 128 valence electrons. The highest BCUT2D eigenvalue weighted by Gasteiger charge is 2.53. The fraction of sp³-hybridized carbons (Fsp3) is 0.304. The molecule has 1 atom stereocenters. The van der Waals surface area contributed by atoms with Crippen molar-refractivity contribution in [3.63, 3.8) is 0 Å². The number of nitrogens with zero attached hydrogens (tertiary/aromatic N) is 2. The molecule has 2 nitrogen and oxygen atoms in total. The van der Waals surface area contributed by atoms with Crippen molar-refractivity contribution in [2.75, 3.05) is 6.54 Å². The van der Waals surface area contributed by atoms with Crippen LogP contribution in [0.3, 0.4) is 0 Å². The van der Waals surface area contributed by atoms with Crippen LogP contribution in [0, 0.1) is 0 Å². The van der Waals surface area contributed by atoms with E-state index in [4.69, 9.17) is 0 Å². The van der Waals surface area contributed by atoms with Gasteiger partial charge in [-0.25, -0.2) is 0 Å². The van der Waals surface area contributed by atoms with Gasteiger partial charge in [-0.05, 0) is 18.6 Å². The molecule has 3 aromatic rings. The standard InChI is InChI=1S/C23H27N2/c1-3-10-21(11-4-1)18-25(19-22-12-5-2-6-13-22)20-23(25)14-9-17-24-15-7-8-16-24/h1-8,10-13,15-16,23H,9,14,17-20H2/q+1/t23-/m0/s1. The summed E-state index contributed by atoms with van der Waals surface area (Å²) in [5.74, 6) is 0. The molecule has 25 heavy (non-hydrogen) atoms. The van der Waals surface area contributed by atoms with Crippen molar-refractivity contribution in [1.82, 2.24) is 4.57 Å². The van der Waals surface area contributed by atoms with Gasteiger partial charge in [0.25, 0.3) is 0 Å². The lowest BCUT2D eigenvalue weighted by Gasteiger charge is -2.21. The van der Waals surface area contributed by atoms with E-state index in [0.717, 1.165) is 25.7 Å². The van der Waals surface area contributed by atoms with Crippen LogP contribution >= 0.6 is 0 Å². The molecule has 1 fully saturated rings. The minimum absolute atomic E-state index is 0.802. The third kappa shape index (κ3) is 4.02. The molecule has 2 heteroatoms. The molecule has 1 saturated heterocycles. The van der Waals surface area contributed by atoms with Gasteiger partial charge in [0.1, 0.15) is 25.7 Å². The van der Waals surface area contributed by atoms with Gasteiger partial charge < -0.3 is 9.05 Å². The maximum Gasteiger partial charge on any atom is 0.139 e. The van der Waals surface area contributed by atoms with Crippen molar-refractivity contribution >= 4 is 0 Å². The fourth-order valence-corrected chi connectivity index (χ4v) is 4.10.